The Morgan fingerprint density at radius 2 is 2.00 bits per heavy atom. The quantitative estimate of drug-likeness (QED) is 0.271. The number of amidine groups is 1. The van der Waals surface area contributed by atoms with Crippen molar-refractivity contribution in [3.8, 4) is 11.3 Å². The standard InChI is InChI=1S/C20H26N4O3S/c21-17(24-26)7-6-15(18(22)25)12-20(8-10-27-11-9-20)19-23-16(13-28-19)14-4-2-1-3-5-14/h1-5,13,15,26H,6-12H2,(H2,21,24)(H2,22,25). The van der Waals surface area contributed by atoms with Gasteiger partial charge in [0.15, 0.2) is 0 Å². The Bertz CT molecular complexity index is 816. The van der Waals surface area contributed by atoms with Crippen LogP contribution in [0, 0.1) is 5.92 Å². The van der Waals surface area contributed by atoms with Crippen molar-refractivity contribution in [3.63, 3.8) is 0 Å². The van der Waals surface area contributed by atoms with Crippen LogP contribution in [0.1, 0.15) is 37.1 Å². The van der Waals surface area contributed by atoms with E-state index in [1.54, 1.807) is 11.3 Å². The molecule has 3 rings (SSSR count). The normalized spacial score (nSPS) is 17.9. The summed E-state index contributed by atoms with van der Waals surface area (Å²) in [4.78, 5) is 17.0. The third-order valence-electron chi connectivity index (χ3n) is 5.39. The van der Waals surface area contributed by atoms with E-state index in [0.717, 1.165) is 29.1 Å². The van der Waals surface area contributed by atoms with Gasteiger partial charge < -0.3 is 21.4 Å². The highest BCUT2D eigenvalue weighted by Gasteiger charge is 2.40. The van der Waals surface area contributed by atoms with Crippen LogP contribution in [0.5, 0.6) is 0 Å². The van der Waals surface area contributed by atoms with Crippen molar-refractivity contribution in [3.05, 3.63) is 40.7 Å². The highest BCUT2D eigenvalue weighted by molar-refractivity contribution is 7.10. The maximum atomic E-state index is 12.1. The number of benzene rings is 1. The predicted molar refractivity (Wildman–Crippen MR) is 109 cm³/mol. The first-order valence-corrected chi connectivity index (χ1v) is 10.3. The fourth-order valence-electron chi connectivity index (χ4n) is 3.71. The lowest BCUT2D eigenvalue weighted by molar-refractivity contribution is -0.123. The maximum Gasteiger partial charge on any atom is 0.220 e. The molecule has 0 bridgehead atoms. The van der Waals surface area contributed by atoms with Gasteiger partial charge in [-0.15, -0.1) is 11.3 Å². The van der Waals surface area contributed by atoms with Crippen molar-refractivity contribution >= 4 is 23.1 Å². The topological polar surface area (TPSA) is 124 Å². The molecule has 2 heterocycles. The third kappa shape index (κ3) is 4.69. The van der Waals surface area contributed by atoms with Gasteiger partial charge in [-0.1, -0.05) is 35.5 Å². The summed E-state index contributed by atoms with van der Waals surface area (Å²) in [6.07, 6.45) is 2.95. The van der Waals surface area contributed by atoms with Crippen LogP contribution in [0.2, 0.25) is 0 Å². The fraction of sp³-hybridized carbons (Fsp3) is 0.450. The Morgan fingerprint density at radius 3 is 2.64 bits per heavy atom. The molecule has 0 saturated carbocycles. The van der Waals surface area contributed by atoms with Crippen LogP contribution in [0.15, 0.2) is 40.9 Å². The molecular formula is C20H26N4O3S. The van der Waals surface area contributed by atoms with Gasteiger partial charge in [-0.05, 0) is 25.7 Å². The number of thiazole rings is 1. The van der Waals surface area contributed by atoms with Crippen molar-refractivity contribution < 1.29 is 14.7 Å². The number of primary amides is 1. The third-order valence-corrected chi connectivity index (χ3v) is 6.48. The number of aromatic nitrogens is 1. The molecule has 1 fully saturated rings. The molecule has 5 N–H and O–H groups in total. The van der Waals surface area contributed by atoms with E-state index in [-0.39, 0.29) is 23.1 Å². The highest BCUT2D eigenvalue weighted by atomic mass is 32.1. The molecule has 2 aromatic rings. The lowest BCUT2D eigenvalue weighted by Gasteiger charge is -2.37. The van der Waals surface area contributed by atoms with Gasteiger partial charge in [0.25, 0.3) is 0 Å². The van der Waals surface area contributed by atoms with Gasteiger partial charge in [0.1, 0.15) is 5.84 Å². The van der Waals surface area contributed by atoms with E-state index in [0.29, 0.717) is 32.5 Å². The zero-order valence-corrected chi connectivity index (χ0v) is 16.5. The van der Waals surface area contributed by atoms with Crippen molar-refractivity contribution in [1.82, 2.24) is 4.98 Å². The first-order valence-electron chi connectivity index (χ1n) is 9.39. The molecule has 0 aliphatic carbocycles. The van der Waals surface area contributed by atoms with Gasteiger partial charge >= 0.3 is 0 Å². The summed E-state index contributed by atoms with van der Waals surface area (Å²) < 4.78 is 5.58. The summed E-state index contributed by atoms with van der Waals surface area (Å²) in [5.74, 6) is -0.633. The number of oxime groups is 1. The second kappa shape index (κ2) is 9.16. The zero-order chi connectivity index (χ0) is 20.0. The molecule has 28 heavy (non-hydrogen) atoms. The number of hydrogen-bond acceptors (Lipinski definition) is 6. The smallest absolute Gasteiger partial charge is 0.220 e. The van der Waals surface area contributed by atoms with Crippen LogP contribution in [0.25, 0.3) is 11.3 Å². The summed E-state index contributed by atoms with van der Waals surface area (Å²) in [5, 5.41) is 14.8. The summed E-state index contributed by atoms with van der Waals surface area (Å²) in [6.45, 7) is 1.26. The minimum absolute atomic E-state index is 0.105. The zero-order valence-electron chi connectivity index (χ0n) is 15.7. The van der Waals surface area contributed by atoms with Gasteiger partial charge in [-0.2, -0.15) is 0 Å². The van der Waals surface area contributed by atoms with Crippen LogP contribution in [-0.2, 0) is 14.9 Å². The van der Waals surface area contributed by atoms with Crippen molar-refractivity contribution in [2.45, 2.75) is 37.5 Å². The molecule has 1 aromatic carbocycles. The molecule has 1 unspecified atom stereocenters. The maximum absolute atomic E-state index is 12.1. The second-order valence-corrected chi connectivity index (χ2v) is 8.09. The molecular weight excluding hydrogens is 376 g/mol. The first-order chi connectivity index (χ1) is 13.5. The van der Waals surface area contributed by atoms with Crippen LogP contribution in [-0.4, -0.2) is 35.1 Å². The van der Waals surface area contributed by atoms with Gasteiger partial charge in [0.05, 0.1) is 10.7 Å². The number of hydrogen-bond donors (Lipinski definition) is 3. The van der Waals surface area contributed by atoms with E-state index in [4.69, 9.17) is 26.4 Å². The molecule has 0 radical (unpaired) electrons. The van der Waals surface area contributed by atoms with Crippen LogP contribution < -0.4 is 11.5 Å². The highest BCUT2D eigenvalue weighted by Crippen LogP contribution is 2.43. The number of amides is 1. The number of ether oxygens (including phenoxy) is 1. The summed E-state index contributed by atoms with van der Waals surface area (Å²) in [7, 11) is 0. The van der Waals surface area contributed by atoms with Gasteiger partial charge in [-0.3, -0.25) is 4.79 Å². The molecule has 1 aromatic heterocycles. The van der Waals surface area contributed by atoms with Gasteiger partial charge in [0.2, 0.25) is 5.91 Å². The summed E-state index contributed by atoms with van der Waals surface area (Å²) in [6, 6.07) is 10.1. The van der Waals surface area contributed by atoms with E-state index < -0.39 is 0 Å². The van der Waals surface area contributed by atoms with E-state index in [9.17, 15) is 4.79 Å². The Balaban J connectivity index is 1.86. The SMILES string of the molecule is NC(=O)C(CCC(N)=NO)CC1(c2nc(-c3ccccc3)cs2)CCOCC1. The van der Waals surface area contributed by atoms with E-state index >= 15 is 0 Å². The number of nitrogens with zero attached hydrogens (tertiary/aromatic N) is 2. The second-order valence-electron chi connectivity index (χ2n) is 7.23. The predicted octanol–water partition coefficient (Wildman–Crippen LogP) is 2.88. The van der Waals surface area contributed by atoms with E-state index in [1.807, 2.05) is 30.3 Å². The number of carbonyl (C=O) groups is 1. The van der Waals surface area contributed by atoms with Gasteiger partial charge in [0, 0.05) is 41.9 Å². The molecule has 7 nitrogen and oxygen atoms in total. The molecule has 150 valence electrons. The van der Waals surface area contributed by atoms with E-state index in [2.05, 4.69) is 10.5 Å². The van der Waals surface area contributed by atoms with Gasteiger partial charge in [-0.25, -0.2) is 4.98 Å². The largest absolute Gasteiger partial charge is 0.409 e. The van der Waals surface area contributed by atoms with Crippen molar-refractivity contribution in [1.29, 1.82) is 0 Å². The minimum Gasteiger partial charge on any atom is -0.409 e. The Morgan fingerprint density at radius 1 is 1.29 bits per heavy atom. The summed E-state index contributed by atoms with van der Waals surface area (Å²) in [5.41, 5.74) is 13.0. The minimum atomic E-state index is -0.373. The van der Waals surface area contributed by atoms with Crippen LogP contribution in [0.4, 0.5) is 0 Å². The lowest BCUT2D eigenvalue weighted by Crippen LogP contribution is -2.39. The average molecular weight is 403 g/mol. The van der Waals surface area contributed by atoms with Crippen LogP contribution >= 0.6 is 11.3 Å². The number of carbonyl (C=O) groups excluding carboxylic acids is 1. The first kappa shape index (κ1) is 20.3. The molecule has 1 aliphatic heterocycles. The molecule has 8 heteroatoms. The molecule has 1 amide bonds. The van der Waals surface area contributed by atoms with E-state index in [1.165, 1.54) is 0 Å². The number of nitrogens with two attached hydrogens (primary N) is 2. The lowest BCUT2D eigenvalue weighted by atomic mass is 9.72. The van der Waals surface area contributed by atoms with Crippen molar-refractivity contribution in [2.24, 2.45) is 22.5 Å². The fourth-order valence-corrected chi connectivity index (χ4v) is 4.82. The monoisotopic (exact) mass is 402 g/mol. The average Bonchev–Trinajstić information content (AvgIpc) is 3.23. The van der Waals surface area contributed by atoms with Crippen LogP contribution in [0.3, 0.4) is 0 Å². The molecule has 1 aliphatic rings. The Hall–Kier alpha value is -2.45. The van der Waals surface area contributed by atoms with Crippen molar-refractivity contribution in [2.75, 3.05) is 13.2 Å². The molecule has 1 atom stereocenters. The molecule has 0 spiro atoms. The molecule has 1 saturated heterocycles. The summed E-state index contributed by atoms with van der Waals surface area (Å²) >= 11 is 1.63. The Kier molecular flexibility index (Phi) is 6.64. The number of rotatable bonds is 8. The Labute approximate surface area is 168 Å².